The lowest BCUT2D eigenvalue weighted by Crippen LogP contribution is -2.32. The third-order valence-electron chi connectivity index (χ3n) is 4.54. The second-order valence-electron chi connectivity index (χ2n) is 6.67. The summed E-state index contributed by atoms with van der Waals surface area (Å²) in [6.07, 6.45) is 1.58. The van der Waals surface area contributed by atoms with Crippen molar-refractivity contribution in [3.8, 4) is 22.9 Å². The molecule has 0 bridgehead atoms. The molecule has 7 heteroatoms. The van der Waals surface area contributed by atoms with Gasteiger partial charge in [-0.3, -0.25) is 4.79 Å². The maximum Gasteiger partial charge on any atom is 0.272 e. The number of nitrogens with zero attached hydrogens (tertiary/aromatic N) is 3. The summed E-state index contributed by atoms with van der Waals surface area (Å²) in [5.74, 6) is 1.10. The molecule has 0 N–H and O–H groups in total. The number of para-hydroxylation sites is 1. The van der Waals surface area contributed by atoms with Crippen LogP contribution in [-0.4, -0.2) is 40.8 Å². The van der Waals surface area contributed by atoms with Gasteiger partial charge in [-0.2, -0.15) is 5.10 Å². The first-order valence-corrected chi connectivity index (χ1v) is 9.83. The molecule has 0 aliphatic heterocycles. The predicted octanol–water partition coefficient (Wildman–Crippen LogP) is 4.94. The van der Waals surface area contributed by atoms with Crippen molar-refractivity contribution in [3.63, 3.8) is 0 Å². The van der Waals surface area contributed by atoms with Crippen molar-refractivity contribution >= 4 is 17.5 Å². The molecule has 0 unspecified atom stereocenters. The highest BCUT2D eigenvalue weighted by Crippen LogP contribution is 2.23. The molecule has 0 aliphatic rings. The highest BCUT2D eigenvalue weighted by Gasteiger charge is 2.21. The van der Waals surface area contributed by atoms with Gasteiger partial charge in [0.1, 0.15) is 23.7 Å². The monoisotopic (exact) mass is 421 g/mol. The number of likely N-dealkylation sites (N-methyl/N-ethyl adjacent to an activating group) is 1. The summed E-state index contributed by atoms with van der Waals surface area (Å²) in [7, 11) is 1.73. The zero-order chi connectivity index (χ0) is 20.9. The lowest BCUT2D eigenvalue weighted by Gasteiger charge is -2.18. The van der Waals surface area contributed by atoms with E-state index in [-0.39, 0.29) is 5.91 Å². The Morgan fingerprint density at radius 2 is 1.93 bits per heavy atom. The van der Waals surface area contributed by atoms with Crippen LogP contribution in [-0.2, 0) is 0 Å². The standard InChI is InChI=1S/C23H20ClN3O3/c1-26(12-14-29-19-10-5-7-17(24)15-19)23(28)21-16-20(22-11-6-13-30-22)25-27(21)18-8-3-2-4-9-18/h2-11,13,15-16H,12,14H2,1H3. The largest absolute Gasteiger partial charge is 0.492 e. The zero-order valence-electron chi connectivity index (χ0n) is 16.4. The minimum atomic E-state index is -0.168. The summed E-state index contributed by atoms with van der Waals surface area (Å²) in [5, 5.41) is 5.20. The molecular formula is C23H20ClN3O3. The van der Waals surface area contributed by atoms with Crippen molar-refractivity contribution in [2.45, 2.75) is 0 Å². The van der Waals surface area contributed by atoms with Gasteiger partial charge in [-0.15, -0.1) is 0 Å². The number of ether oxygens (including phenoxy) is 1. The quantitative estimate of drug-likeness (QED) is 0.424. The fraction of sp³-hybridized carbons (Fsp3) is 0.130. The molecule has 2 heterocycles. The van der Waals surface area contributed by atoms with Gasteiger partial charge in [-0.1, -0.05) is 35.9 Å². The second kappa shape index (κ2) is 8.88. The Morgan fingerprint density at radius 3 is 2.67 bits per heavy atom. The number of carbonyl (C=O) groups excluding carboxylic acids is 1. The van der Waals surface area contributed by atoms with Crippen LogP contribution in [0.2, 0.25) is 5.02 Å². The first kappa shape index (κ1) is 19.8. The number of rotatable bonds is 7. The van der Waals surface area contributed by atoms with Crippen LogP contribution < -0.4 is 4.74 Å². The van der Waals surface area contributed by atoms with Crippen molar-refractivity contribution in [3.05, 3.63) is 89.8 Å². The summed E-state index contributed by atoms with van der Waals surface area (Å²) in [6, 6.07) is 22.0. The highest BCUT2D eigenvalue weighted by atomic mass is 35.5. The third kappa shape index (κ3) is 4.39. The molecule has 2 aromatic heterocycles. The van der Waals surface area contributed by atoms with Crippen molar-refractivity contribution in [2.24, 2.45) is 0 Å². The molecule has 30 heavy (non-hydrogen) atoms. The minimum absolute atomic E-state index is 0.168. The van der Waals surface area contributed by atoms with Crippen LogP contribution in [0.15, 0.2) is 83.5 Å². The molecule has 0 radical (unpaired) electrons. The number of hydrogen-bond acceptors (Lipinski definition) is 4. The molecule has 0 atom stereocenters. The number of halogens is 1. The van der Waals surface area contributed by atoms with Crippen LogP contribution in [0.1, 0.15) is 10.5 Å². The van der Waals surface area contributed by atoms with Gasteiger partial charge < -0.3 is 14.1 Å². The average Bonchev–Trinajstić information content (AvgIpc) is 3.44. The van der Waals surface area contributed by atoms with E-state index in [1.807, 2.05) is 48.5 Å². The van der Waals surface area contributed by atoms with Gasteiger partial charge >= 0.3 is 0 Å². The van der Waals surface area contributed by atoms with Crippen molar-refractivity contribution in [1.82, 2.24) is 14.7 Å². The molecule has 4 aromatic rings. The lowest BCUT2D eigenvalue weighted by atomic mass is 10.2. The summed E-state index contributed by atoms with van der Waals surface area (Å²) < 4.78 is 12.8. The molecule has 152 valence electrons. The van der Waals surface area contributed by atoms with Crippen molar-refractivity contribution in [1.29, 1.82) is 0 Å². The molecule has 1 amide bonds. The van der Waals surface area contributed by atoms with Crippen LogP contribution in [0.3, 0.4) is 0 Å². The Bertz CT molecular complexity index is 1120. The van der Waals surface area contributed by atoms with E-state index in [4.69, 9.17) is 20.8 Å². The van der Waals surface area contributed by atoms with Crippen LogP contribution in [0.4, 0.5) is 0 Å². The lowest BCUT2D eigenvalue weighted by molar-refractivity contribution is 0.0765. The van der Waals surface area contributed by atoms with Crippen molar-refractivity contribution in [2.75, 3.05) is 20.2 Å². The number of aromatic nitrogens is 2. The fourth-order valence-electron chi connectivity index (χ4n) is 3.00. The molecule has 2 aromatic carbocycles. The van der Waals surface area contributed by atoms with Crippen LogP contribution in [0.25, 0.3) is 17.1 Å². The second-order valence-corrected chi connectivity index (χ2v) is 7.11. The predicted molar refractivity (Wildman–Crippen MR) is 115 cm³/mol. The molecule has 0 fully saturated rings. The van der Waals surface area contributed by atoms with Crippen LogP contribution in [0.5, 0.6) is 5.75 Å². The van der Waals surface area contributed by atoms with E-state index < -0.39 is 0 Å². The summed E-state index contributed by atoms with van der Waals surface area (Å²) in [4.78, 5) is 14.8. The van der Waals surface area contributed by atoms with E-state index in [1.54, 1.807) is 47.2 Å². The Hall–Kier alpha value is -3.51. The maximum absolute atomic E-state index is 13.2. The Labute approximate surface area is 179 Å². The Balaban J connectivity index is 1.53. The molecule has 0 spiro atoms. The van der Waals surface area contributed by atoms with Gasteiger partial charge in [0.15, 0.2) is 5.76 Å². The molecule has 4 rings (SSSR count). The molecule has 0 saturated carbocycles. The molecule has 6 nitrogen and oxygen atoms in total. The summed E-state index contributed by atoms with van der Waals surface area (Å²) in [5.41, 5.74) is 1.83. The summed E-state index contributed by atoms with van der Waals surface area (Å²) in [6.45, 7) is 0.745. The van der Waals surface area contributed by atoms with E-state index in [1.165, 1.54) is 0 Å². The highest BCUT2D eigenvalue weighted by molar-refractivity contribution is 6.30. The Kier molecular flexibility index (Phi) is 5.86. The van der Waals surface area contributed by atoms with Crippen LogP contribution in [0, 0.1) is 0 Å². The number of carbonyl (C=O) groups is 1. The van der Waals surface area contributed by atoms with Gasteiger partial charge in [0.2, 0.25) is 0 Å². The number of hydrogen-bond donors (Lipinski definition) is 0. The first-order valence-electron chi connectivity index (χ1n) is 9.45. The number of furan rings is 1. The first-order chi connectivity index (χ1) is 14.6. The van der Waals surface area contributed by atoms with Crippen LogP contribution >= 0.6 is 11.6 Å². The van der Waals surface area contributed by atoms with Crippen molar-refractivity contribution < 1.29 is 13.9 Å². The van der Waals surface area contributed by atoms with Gasteiger partial charge in [-0.05, 0) is 42.5 Å². The Morgan fingerprint density at radius 1 is 1.10 bits per heavy atom. The summed E-state index contributed by atoms with van der Waals surface area (Å²) >= 11 is 5.98. The number of benzene rings is 2. The van der Waals surface area contributed by atoms with E-state index in [0.717, 1.165) is 5.69 Å². The average molecular weight is 422 g/mol. The van der Waals surface area contributed by atoms with E-state index in [2.05, 4.69) is 5.10 Å². The van der Waals surface area contributed by atoms with E-state index in [9.17, 15) is 4.79 Å². The maximum atomic E-state index is 13.2. The molecular weight excluding hydrogens is 402 g/mol. The smallest absolute Gasteiger partial charge is 0.272 e. The minimum Gasteiger partial charge on any atom is -0.492 e. The van der Waals surface area contributed by atoms with Gasteiger partial charge in [0.05, 0.1) is 18.5 Å². The SMILES string of the molecule is CN(CCOc1cccc(Cl)c1)C(=O)c1cc(-c2ccco2)nn1-c1ccccc1. The fourth-order valence-corrected chi connectivity index (χ4v) is 3.18. The van der Waals surface area contributed by atoms with Gasteiger partial charge in [-0.25, -0.2) is 4.68 Å². The van der Waals surface area contributed by atoms with Gasteiger partial charge in [0, 0.05) is 18.1 Å². The third-order valence-corrected chi connectivity index (χ3v) is 4.78. The zero-order valence-corrected chi connectivity index (χ0v) is 17.1. The van der Waals surface area contributed by atoms with E-state index in [0.29, 0.717) is 41.1 Å². The molecule has 0 aliphatic carbocycles. The number of amides is 1. The van der Waals surface area contributed by atoms with E-state index >= 15 is 0 Å². The topological polar surface area (TPSA) is 60.5 Å². The normalized spacial score (nSPS) is 10.7. The van der Waals surface area contributed by atoms with Gasteiger partial charge in [0.25, 0.3) is 5.91 Å². The molecule has 0 saturated heterocycles.